The van der Waals surface area contributed by atoms with Gasteiger partial charge in [-0.1, -0.05) is 50.0 Å². The van der Waals surface area contributed by atoms with Crippen LogP contribution in [0.3, 0.4) is 0 Å². The number of pyridine rings is 1. The van der Waals surface area contributed by atoms with Gasteiger partial charge in [-0.15, -0.1) is 6.58 Å². The van der Waals surface area contributed by atoms with E-state index < -0.39 is 0 Å². The molecule has 8 heteroatoms. The minimum Gasteiger partial charge on any atom is -0.355 e. The van der Waals surface area contributed by atoms with E-state index in [4.69, 9.17) is 17.2 Å². The number of anilines is 1. The highest BCUT2D eigenvalue weighted by Crippen LogP contribution is 2.34. The van der Waals surface area contributed by atoms with Crippen LogP contribution in [0.2, 0.25) is 0 Å². The number of aryl methyl sites for hydroxylation is 1. The molecule has 31 heavy (non-hydrogen) atoms. The summed E-state index contributed by atoms with van der Waals surface area (Å²) in [5, 5.41) is 0. The molecule has 2 aliphatic heterocycles. The van der Waals surface area contributed by atoms with Crippen LogP contribution in [0.25, 0.3) is 11.7 Å². The number of carbonyl (C=O) groups excluding carboxylic acids is 1. The maximum atomic E-state index is 13.6. The van der Waals surface area contributed by atoms with Gasteiger partial charge in [0.1, 0.15) is 15.8 Å². The first-order valence-electron chi connectivity index (χ1n) is 10.4. The van der Waals surface area contributed by atoms with Crippen LogP contribution in [-0.4, -0.2) is 44.1 Å². The molecule has 0 N–H and O–H groups in total. The van der Waals surface area contributed by atoms with Gasteiger partial charge in [-0.3, -0.25) is 18.9 Å². The summed E-state index contributed by atoms with van der Waals surface area (Å²) in [7, 11) is 0. The number of aromatic nitrogens is 2. The third-order valence-electron chi connectivity index (χ3n) is 5.61. The van der Waals surface area contributed by atoms with Crippen molar-refractivity contribution in [3.05, 3.63) is 57.4 Å². The number of fused-ring (bicyclic) bond motifs is 1. The number of amides is 1. The lowest BCUT2D eigenvalue weighted by Crippen LogP contribution is -2.40. The van der Waals surface area contributed by atoms with Crippen molar-refractivity contribution in [2.24, 2.45) is 11.8 Å². The first kappa shape index (κ1) is 21.8. The van der Waals surface area contributed by atoms with Gasteiger partial charge in [0.2, 0.25) is 0 Å². The van der Waals surface area contributed by atoms with Crippen LogP contribution in [0.4, 0.5) is 5.82 Å². The maximum Gasteiger partial charge on any atom is 0.267 e. The molecular weight excluding hydrogens is 428 g/mol. The normalized spacial score (nSPS) is 23.3. The van der Waals surface area contributed by atoms with Gasteiger partial charge >= 0.3 is 0 Å². The summed E-state index contributed by atoms with van der Waals surface area (Å²) >= 11 is 6.58. The molecule has 0 bridgehead atoms. The second kappa shape index (κ2) is 8.59. The molecule has 0 aliphatic carbocycles. The van der Waals surface area contributed by atoms with Gasteiger partial charge in [0.25, 0.3) is 11.5 Å². The van der Waals surface area contributed by atoms with Crippen LogP contribution in [-0.2, 0) is 4.79 Å². The minimum atomic E-state index is -0.199. The van der Waals surface area contributed by atoms with Crippen molar-refractivity contribution in [3.63, 3.8) is 0 Å². The summed E-state index contributed by atoms with van der Waals surface area (Å²) in [5.41, 5.74) is 1.83. The number of rotatable bonds is 4. The van der Waals surface area contributed by atoms with Gasteiger partial charge in [-0.05, 0) is 42.9 Å². The number of hydrogen-bond donors (Lipinski definition) is 0. The monoisotopic (exact) mass is 454 g/mol. The zero-order valence-electron chi connectivity index (χ0n) is 18.0. The molecule has 0 saturated carbocycles. The van der Waals surface area contributed by atoms with E-state index in [0.29, 0.717) is 44.6 Å². The van der Waals surface area contributed by atoms with Gasteiger partial charge in [-0.25, -0.2) is 4.98 Å². The van der Waals surface area contributed by atoms with E-state index in [9.17, 15) is 9.59 Å². The first-order chi connectivity index (χ1) is 14.8. The molecule has 2 atom stereocenters. The average Bonchev–Trinajstić information content (AvgIpc) is 2.97. The summed E-state index contributed by atoms with van der Waals surface area (Å²) in [6, 6.07) is 3.82. The molecule has 2 aromatic rings. The minimum absolute atomic E-state index is 0.177. The standard InChI is InChI=1S/C23H26N4O2S2/c1-5-8-26-22(29)18(31-23(26)30)10-17-20(25-11-15(3)9-16(4)12-25)24-19-7-6-14(2)13-27(19)21(17)28/h5-7,10,13,15-16H,1,8-9,11-12H2,2-4H3/b18-10-/t15-,16-/m1/s1. The SMILES string of the molecule is C=CCN1C(=O)/C(=C/c2c(N3C[C@H](C)C[C@@H](C)C3)nc3ccc(C)cn3c2=O)SC1=S. The van der Waals surface area contributed by atoms with Crippen LogP contribution in [0.1, 0.15) is 31.4 Å². The Labute approximate surface area is 191 Å². The molecule has 1 amide bonds. The lowest BCUT2D eigenvalue weighted by molar-refractivity contribution is -0.121. The number of thiocarbonyl (C=S) groups is 1. The van der Waals surface area contributed by atoms with Crippen LogP contribution in [0.5, 0.6) is 0 Å². The van der Waals surface area contributed by atoms with Gasteiger partial charge in [0, 0.05) is 25.8 Å². The number of carbonyl (C=O) groups is 1. The Morgan fingerprint density at radius 3 is 2.65 bits per heavy atom. The number of thioether (sulfide) groups is 1. The van der Waals surface area contributed by atoms with Crippen molar-refractivity contribution < 1.29 is 4.79 Å². The second-order valence-electron chi connectivity index (χ2n) is 8.52. The van der Waals surface area contributed by atoms with Gasteiger partial charge in [-0.2, -0.15) is 0 Å². The van der Waals surface area contributed by atoms with Crippen molar-refractivity contribution in [2.45, 2.75) is 27.2 Å². The van der Waals surface area contributed by atoms with E-state index in [2.05, 4.69) is 25.3 Å². The molecule has 6 nitrogen and oxygen atoms in total. The molecule has 0 unspecified atom stereocenters. The number of piperidine rings is 1. The van der Waals surface area contributed by atoms with Crippen LogP contribution < -0.4 is 10.5 Å². The third kappa shape index (κ3) is 4.19. The van der Waals surface area contributed by atoms with Crippen molar-refractivity contribution in [2.75, 3.05) is 24.5 Å². The highest BCUT2D eigenvalue weighted by molar-refractivity contribution is 8.26. The molecule has 0 radical (unpaired) electrons. The highest BCUT2D eigenvalue weighted by atomic mass is 32.2. The van der Waals surface area contributed by atoms with Gasteiger partial charge in [0.05, 0.1) is 10.5 Å². The molecule has 162 valence electrons. The fraction of sp³-hybridized carbons (Fsp3) is 0.391. The Morgan fingerprint density at radius 2 is 1.97 bits per heavy atom. The molecular formula is C23H26N4O2S2. The summed E-state index contributed by atoms with van der Waals surface area (Å²) in [5.74, 6) is 1.44. The predicted molar refractivity (Wildman–Crippen MR) is 131 cm³/mol. The average molecular weight is 455 g/mol. The Kier molecular flexibility index (Phi) is 6.03. The third-order valence-corrected chi connectivity index (χ3v) is 6.99. The van der Waals surface area contributed by atoms with E-state index in [1.165, 1.54) is 16.7 Å². The number of hydrogen-bond acceptors (Lipinski definition) is 6. The first-order valence-corrected chi connectivity index (χ1v) is 11.6. The Hall–Kier alpha value is -2.45. The van der Waals surface area contributed by atoms with Crippen LogP contribution in [0, 0.1) is 18.8 Å². The van der Waals surface area contributed by atoms with Crippen LogP contribution >= 0.6 is 24.0 Å². The fourth-order valence-corrected chi connectivity index (χ4v) is 5.62. The predicted octanol–water partition coefficient (Wildman–Crippen LogP) is 3.87. The Morgan fingerprint density at radius 1 is 1.26 bits per heavy atom. The quantitative estimate of drug-likeness (QED) is 0.397. The van der Waals surface area contributed by atoms with E-state index in [1.807, 2.05) is 19.1 Å². The molecule has 2 aliphatic rings. The van der Waals surface area contributed by atoms with Crippen molar-refractivity contribution >= 4 is 51.7 Å². The zero-order chi connectivity index (χ0) is 22.3. The Bertz CT molecular complexity index is 1160. The second-order valence-corrected chi connectivity index (χ2v) is 10.2. The summed E-state index contributed by atoms with van der Waals surface area (Å²) in [6.07, 6.45) is 6.25. The molecule has 2 saturated heterocycles. The molecule has 2 fully saturated rings. The van der Waals surface area contributed by atoms with Crippen molar-refractivity contribution in [3.8, 4) is 0 Å². The van der Waals surface area contributed by atoms with E-state index >= 15 is 0 Å². The largest absolute Gasteiger partial charge is 0.355 e. The lowest BCUT2D eigenvalue weighted by atomic mass is 9.91. The molecule has 4 heterocycles. The van der Waals surface area contributed by atoms with Gasteiger partial charge < -0.3 is 4.90 Å². The van der Waals surface area contributed by atoms with Crippen molar-refractivity contribution in [1.82, 2.24) is 14.3 Å². The topological polar surface area (TPSA) is 57.9 Å². The van der Waals surface area contributed by atoms with E-state index in [0.717, 1.165) is 25.1 Å². The molecule has 2 aromatic heterocycles. The van der Waals surface area contributed by atoms with E-state index in [1.54, 1.807) is 22.7 Å². The summed E-state index contributed by atoms with van der Waals surface area (Å²) < 4.78 is 2.04. The fourth-order valence-electron chi connectivity index (χ4n) is 4.37. The Balaban J connectivity index is 1.89. The summed E-state index contributed by atoms with van der Waals surface area (Å²) in [4.78, 5) is 35.5. The smallest absolute Gasteiger partial charge is 0.267 e. The van der Waals surface area contributed by atoms with Crippen LogP contribution in [0.15, 0.2) is 40.7 Å². The lowest BCUT2D eigenvalue weighted by Gasteiger charge is -2.36. The highest BCUT2D eigenvalue weighted by Gasteiger charge is 2.33. The molecule has 4 rings (SSSR count). The molecule has 0 spiro atoms. The molecule has 0 aromatic carbocycles. The maximum absolute atomic E-state index is 13.6. The van der Waals surface area contributed by atoms with Crippen molar-refractivity contribution in [1.29, 1.82) is 0 Å². The van der Waals surface area contributed by atoms with E-state index in [-0.39, 0.29) is 11.5 Å². The summed E-state index contributed by atoms with van der Waals surface area (Å²) in [6.45, 7) is 12.1. The number of nitrogens with zero attached hydrogens (tertiary/aromatic N) is 4. The zero-order valence-corrected chi connectivity index (χ0v) is 19.6. The van der Waals surface area contributed by atoms with Gasteiger partial charge in [0.15, 0.2) is 0 Å².